The maximum absolute atomic E-state index is 5.85. The van der Waals surface area contributed by atoms with Gasteiger partial charge in [-0.25, -0.2) is 4.98 Å². The molecule has 0 unspecified atom stereocenters. The first-order valence-electron chi connectivity index (χ1n) is 9.12. The van der Waals surface area contributed by atoms with E-state index in [0.717, 1.165) is 48.0 Å². The number of methoxy groups -OCH3 is 2. The molecule has 0 radical (unpaired) electrons. The number of benzene rings is 1. The van der Waals surface area contributed by atoms with Gasteiger partial charge in [0.2, 0.25) is 0 Å². The summed E-state index contributed by atoms with van der Waals surface area (Å²) in [5.74, 6) is 2.13. The van der Waals surface area contributed by atoms with Crippen molar-refractivity contribution in [3.63, 3.8) is 0 Å². The van der Waals surface area contributed by atoms with Crippen molar-refractivity contribution in [2.24, 2.45) is 5.41 Å². The second-order valence-electron chi connectivity index (χ2n) is 7.79. The highest BCUT2D eigenvalue weighted by Gasteiger charge is 2.27. The molecule has 2 aromatic rings. The van der Waals surface area contributed by atoms with Crippen molar-refractivity contribution in [2.45, 2.75) is 33.2 Å². The molecule has 0 aliphatic carbocycles. The molecule has 0 spiro atoms. The highest BCUT2D eigenvalue weighted by molar-refractivity contribution is 5.71. The molecule has 0 amide bonds. The van der Waals surface area contributed by atoms with Crippen molar-refractivity contribution in [3.8, 4) is 22.8 Å². The zero-order chi connectivity index (χ0) is 18.7. The summed E-state index contributed by atoms with van der Waals surface area (Å²) in [6.07, 6.45) is 2.52. The van der Waals surface area contributed by atoms with Crippen molar-refractivity contribution in [3.05, 3.63) is 35.9 Å². The number of nitrogen functional groups attached to an aromatic ring is 1. The molecule has 5 heteroatoms. The number of anilines is 1. The largest absolute Gasteiger partial charge is 0.496 e. The van der Waals surface area contributed by atoms with E-state index in [-0.39, 0.29) is 0 Å². The molecule has 5 nitrogen and oxygen atoms in total. The lowest BCUT2D eigenvalue weighted by atomic mass is 9.84. The molecule has 1 aromatic carbocycles. The number of aromatic nitrogens is 1. The molecular formula is C21H29N3O2. The Bertz CT molecular complexity index is 774. The third-order valence-electron chi connectivity index (χ3n) is 5.02. The van der Waals surface area contributed by atoms with Crippen LogP contribution < -0.4 is 15.2 Å². The molecule has 140 valence electrons. The first-order chi connectivity index (χ1) is 12.4. The van der Waals surface area contributed by atoms with E-state index in [2.05, 4.69) is 29.8 Å². The van der Waals surface area contributed by atoms with E-state index >= 15 is 0 Å². The van der Waals surface area contributed by atoms with Crippen LogP contribution in [0.2, 0.25) is 0 Å². The molecule has 1 aliphatic rings. The van der Waals surface area contributed by atoms with Crippen molar-refractivity contribution in [1.82, 2.24) is 9.88 Å². The normalized spacial score (nSPS) is 17.1. The van der Waals surface area contributed by atoms with Gasteiger partial charge < -0.3 is 15.2 Å². The summed E-state index contributed by atoms with van der Waals surface area (Å²) in [5, 5.41) is 0. The van der Waals surface area contributed by atoms with Crippen LogP contribution in [0.25, 0.3) is 11.3 Å². The Hall–Kier alpha value is -2.27. The summed E-state index contributed by atoms with van der Waals surface area (Å²) in [6, 6.07) is 9.68. The Morgan fingerprint density at radius 2 is 1.92 bits per heavy atom. The van der Waals surface area contributed by atoms with Crippen LogP contribution in [0.3, 0.4) is 0 Å². The van der Waals surface area contributed by atoms with E-state index < -0.39 is 0 Å². The SMILES string of the molecule is COc1cc(-c2cccc(N)n2)c(OC)cc1CN1CCCC(C)(C)C1. The summed E-state index contributed by atoms with van der Waals surface area (Å²) in [6.45, 7) is 7.75. The third-order valence-corrected chi connectivity index (χ3v) is 5.02. The number of nitrogens with two attached hydrogens (primary N) is 1. The van der Waals surface area contributed by atoms with Crippen LogP contribution in [-0.4, -0.2) is 37.2 Å². The standard InChI is InChI=1S/C21H29N3O2/c1-21(2)9-6-10-24(14-21)13-15-11-19(26-4)16(12-18(15)25-3)17-7-5-8-20(22)23-17/h5,7-8,11-12H,6,9-10,13-14H2,1-4H3,(H2,22,23). The van der Waals surface area contributed by atoms with Gasteiger partial charge in [-0.05, 0) is 49.1 Å². The van der Waals surface area contributed by atoms with Gasteiger partial charge in [0.05, 0.1) is 19.9 Å². The fourth-order valence-electron chi connectivity index (χ4n) is 3.81. The third kappa shape index (κ3) is 4.10. The van der Waals surface area contributed by atoms with E-state index in [1.165, 1.54) is 12.8 Å². The molecule has 1 saturated heterocycles. The van der Waals surface area contributed by atoms with Crippen molar-refractivity contribution < 1.29 is 9.47 Å². The van der Waals surface area contributed by atoms with E-state index in [1.54, 1.807) is 20.3 Å². The molecule has 0 saturated carbocycles. The number of likely N-dealkylation sites (tertiary alicyclic amines) is 1. The highest BCUT2D eigenvalue weighted by Crippen LogP contribution is 2.37. The Kier molecular flexibility index (Phi) is 5.37. The summed E-state index contributed by atoms with van der Waals surface area (Å²) in [7, 11) is 3.40. The van der Waals surface area contributed by atoms with Crippen LogP contribution >= 0.6 is 0 Å². The van der Waals surface area contributed by atoms with E-state index in [4.69, 9.17) is 15.2 Å². The van der Waals surface area contributed by atoms with Gasteiger partial charge in [0.25, 0.3) is 0 Å². The summed E-state index contributed by atoms with van der Waals surface area (Å²) in [5.41, 5.74) is 9.01. The van der Waals surface area contributed by atoms with Crippen LogP contribution in [0.15, 0.2) is 30.3 Å². The van der Waals surface area contributed by atoms with Crippen molar-refractivity contribution >= 4 is 5.82 Å². The average Bonchev–Trinajstić information content (AvgIpc) is 2.60. The van der Waals surface area contributed by atoms with Gasteiger partial charge in [0, 0.05) is 24.2 Å². The lowest BCUT2D eigenvalue weighted by molar-refractivity contribution is 0.111. The summed E-state index contributed by atoms with van der Waals surface area (Å²) < 4.78 is 11.3. The lowest BCUT2D eigenvalue weighted by Gasteiger charge is -2.38. The van der Waals surface area contributed by atoms with Gasteiger partial charge >= 0.3 is 0 Å². The molecule has 0 bridgehead atoms. The minimum absolute atomic E-state index is 0.362. The molecule has 26 heavy (non-hydrogen) atoms. The summed E-state index contributed by atoms with van der Waals surface area (Å²) in [4.78, 5) is 6.92. The number of piperidine rings is 1. The zero-order valence-corrected chi connectivity index (χ0v) is 16.2. The molecular weight excluding hydrogens is 326 g/mol. The van der Waals surface area contributed by atoms with E-state index in [9.17, 15) is 0 Å². The topological polar surface area (TPSA) is 60.6 Å². The van der Waals surface area contributed by atoms with Crippen LogP contribution in [0.5, 0.6) is 11.5 Å². The molecule has 1 fully saturated rings. The number of ether oxygens (including phenoxy) is 2. The number of nitrogens with zero attached hydrogens (tertiary/aromatic N) is 2. The second-order valence-corrected chi connectivity index (χ2v) is 7.79. The zero-order valence-electron chi connectivity index (χ0n) is 16.2. The minimum Gasteiger partial charge on any atom is -0.496 e. The Labute approximate surface area is 156 Å². The van der Waals surface area contributed by atoms with Crippen LogP contribution in [0, 0.1) is 5.41 Å². The number of pyridine rings is 1. The lowest BCUT2D eigenvalue weighted by Crippen LogP contribution is -2.39. The Morgan fingerprint density at radius 3 is 2.58 bits per heavy atom. The minimum atomic E-state index is 0.362. The average molecular weight is 355 g/mol. The molecule has 1 aromatic heterocycles. The smallest absolute Gasteiger partial charge is 0.128 e. The molecule has 2 N–H and O–H groups in total. The molecule has 3 rings (SSSR count). The quantitative estimate of drug-likeness (QED) is 0.879. The maximum Gasteiger partial charge on any atom is 0.128 e. The molecule has 0 atom stereocenters. The van der Waals surface area contributed by atoms with Crippen molar-refractivity contribution in [2.75, 3.05) is 33.0 Å². The Balaban J connectivity index is 1.94. The van der Waals surface area contributed by atoms with Gasteiger partial charge in [-0.1, -0.05) is 19.9 Å². The molecule has 2 heterocycles. The van der Waals surface area contributed by atoms with E-state index in [0.29, 0.717) is 11.2 Å². The fraction of sp³-hybridized carbons (Fsp3) is 0.476. The second kappa shape index (κ2) is 7.54. The summed E-state index contributed by atoms with van der Waals surface area (Å²) >= 11 is 0. The number of hydrogen-bond acceptors (Lipinski definition) is 5. The highest BCUT2D eigenvalue weighted by atomic mass is 16.5. The molecule has 1 aliphatic heterocycles. The van der Waals surface area contributed by atoms with Gasteiger partial charge in [-0.3, -0.25) is 4.90 Å². The Morgan fingerprint density at radius 1 is 1.15 bits per heavy atom. The van der Waals surface area contributed by atoms with Crippen molar-refractivity contribution in [1.29, 1.82) is 0 Å². The maximum atomic E-state index is 5.85. The number of rotatable bonds is 5. The van der Waals surface area contributed by atoms with Gasteiger partial charge in [0.1, 0.15) is 17.3 Å². The first-order valence-corrected chi connectivity index (χ1v) is 9.12. The first kappa shape index (κ1) is 18.5. The van der Waals surface area contributed by atoms with Gasteiger partial charge in [-0.15, -0.1) is 0 Å². The predicted octanol–water partition coefficient (Wildman–Crippen LogP) is 3.97. The fourth-order valence-corrected chi connectivity index (χ4v) is 3.81. The van der Waals surface area contributed by atoms with E-state index in [1.807, 2.05) is 18.2 Å². The van der Waals surface area contributed by atoms with Crippen LogP contribution in [0.4, 0.5) is 5.82 Å². The van der Waals surface area contributed by atoms with Crippen LogP contribution in [0.1, 0.15) is 32.3 Å². The van der Waals surface area contributed by atoms with Gasteiger partial charge in [0.15, 0.2) is 0 Å². The monoisotopic (exact) mass is 355 g/mol. The van der Waals surface area contributed by atoms with Gasteiger partial charge in [-0.2, -0.15) is 0 Å². The van der Waals surface area contributed by atoms with Crippen LogP contribution in [-0.2, 0) is 6.54 Å². The number of hydrogen-bond donors (Lipinski definition) is 1. The predicted molar refractivity (Wildman–Crippen MR) is 105 cm³/mol.